The summed E-state index contributed by atoms with van der Waals surface area (Å²) in [6.45, 7) is 1.27. The maximum Gasteiger partial charge on any atom is 0.133 e. The highest BCUT2D eigenvalue weighted by Crippen LogP contribution is 2.14. The number of aldehydes is 1. The van der Waals surface area contributed by atoms with Gasteiger partial charge in [0.15, 0.2) is 0 Å². The molecule has 15 heavy (non-hydrogen) atoms. The van der Waals surface area contributed by atoms with Crippen LogP contribution in [0.25, 0.3) is 0 Å². The smallest absolute Gasteiger partial charge is 0.133 e. The minimum Gasteiger partial charge on any atom is -0.330 e. The number of likely N-dealkylation sites (N-methyl/N-ethyl adjacent to an activating group) is 1. The number of rotatable bonds is 6. The summed E-state index contributed by atoms with van der Waals surface area (Å²) in [5.41, 5.74) is 2.30. The molecule has 0 bridgehead atoms. The molecule has 0 unspecified atom stereocenters. The molecule has 1 rings (SSSR count). The van der Waals surface area contributed by atoms with Gasteiger partial charge >= 0.3 is 0 Å². The van der Waals surface area contributed by atoms with Crippen molar-refractivity contribution >= 4 is 23.9 Å². The molecule has 82 valence electrons. The van der Waals surface area contributed by atoms with Crippen LogP contribution in [0.4, 0.5) is 5.69 Å². The molecule has 0 amide bonds. The highest BCUT2D eigenvalue weighted by Gasteiger charge is 2.00. The van der Waals surface area contributed by atoms with Crippen LogP contribution in [0.3, 0.4) is 0 Å². The Morgan fingerprint density at radius 1 is 1.53 bits per heavy atom. The first kappa shape index (κ1) is 12.1. The van der Waals surface area contributed by atoms with Gasteiger partial charge in [0.25, 0.3) is 0 Å². The normalized spacial score (nSPS) is 10.3. The number of carbonyl (C=O) groups excluding carboxylic acids is 1. The van der Waals surface area contributed by atoms with Gasteiger partial charge in [-0.3, -0.25) is 4.90 Å². The summed E-state index contributed by atoms with van der Waals surface area (Å²) >= 11 is 1.57. The van der Waals surface area contributed by atoms with Gasteiger partial charge in [-0.05, 0) is 24.7 Å². The maximum atomic E-state index is 10.3. The van der Waals surface area contributed by atoms with Gasteiger partial charge < -0.3 is 9.52 Å². The van der Waals surface area contributed by atoms with E-state index in [4.69, 9.17) is 0 Å². The molecule has 0 saturated heterocycles. The number of benzene rings is 1. The Morgan fingerprint density at radius 3 is 3.00 bits per heavy atom. The molecule has 1 N–H and O–H groups in total. The van der Waals surface area contributed by atoms with Crippen LogP contribution in [-0.2, 0) is 11.3 Å². The fraction of sp³-hybridized carbons (Fsp3) is 0.364. The fourth-order valence-corrected chi connectivity index (χ4v) is 1.72. The van der Waals surface area contributed by atoms with Crippen LogP contribution >= 0.6 is 11.9 Å². The van der Waals surface area contributed by atoms with Crippen molar-refractivity contribution in [2.75, 3.05) is 24.6 Å². The summed E-state index contributed by atoms with van der Waals surface area (Å²) in [5.74, 6) is 0. The number of hydrogen-bond acceptors (Lipinski definition) is 4. The number of carbonyl (C=O) groups is 1. The lowest BCUT2D eigenvalue weighted by Crippen LogP contribution is -2.19. The molecule has 0 aliphatic heterocycles. The second kappa shape index (κ2) is 6.48. The summed E-state index contributed by atoms with van der Waals surface area (Å²) in [6.07, 6.45) is 2.91. The molecule has 0 aliphatic carbocycles. The monoisotopic (exact) mass is 224 g/mol. The third-order valence-electron chi connectivity index (χ3n) is 1.99. The Kier molecular flexibility index (Phi) is 5.21. The van der Waals surface area contributed by atoms with Gasteiger partial charge in [0, 0.05) is 18.5 Å². The third kappa shape index (κ3) is 4.36. The molecule has 0 heterocycles. The molecular weight excluding hydrogens is 208 g/mol. The van der Waals surface area contributed by atoms with Gasteiger partial charge in [-0.15, -0.1) is 0 Å². The highest BCUT2D eigenvalue weighted by molar-refractivity contribution is 7.99. The van der Waals surface area contributed by atoms with Crippen LogP contribution in [0.2, 0.25) is 0 Å². The summed E-state index contributed by atoms with van der Waals surface area (Å²) in [4.78, 5) is 12.3. The minimum absolute atomic E-state index is 0.472. The van der Waals surface area contributed by atoms with Crippen molar-refractivity contribution in [1.82, 2.24) is 4.90 Å². The molecule has 0 saturated carbocycles. The van der Waals surface area contributed by atoms with E-state index in [0.717, 1.165) is 18.5 Å². The largest absolute Gasteiger partial charge is 0.330 e. The van der Waals surface area contributed by atoms with Gasteiger partial charge in [0.1, 0.15) is 6.29 Å². The van der Waals surface area contributed by atoms with Crippen molar-refractivity contribution in [3.63, 3.8) is 0 Å². The van der Waals surface area contributed by atoms with E-state index in [2.05, 4.69) is 16.9 Å². The summed E-state index contributed by atoms with van der Waals surface area (Å²) in [6, 6.07) is 8.20. The van der Waals surface area contributed by atoms with Crippen molar-refractivity contribution in [1.29, 1.82) is 0 Å². The summed E-state index contributed by atoms with van der Waals surface area (Å²) in [7, 11) is 1.93. The van der Waals surface area contributed by atoms with Crippen LogP contribution in [0.15, 0.2) is 24.3 Å². The van der Waals surface area contributed by atoms with E-state index in [1.807, 2.05) is 30.3 Å². The highest BCUT2D eigenvalue weighted by atomic mass is 32.2. The Bertz CT molecular complexity index is 317. The van der Waals surface area contributed by atoms with E-state index in [-0.39, 0.29) is 0 Å². The number of hydrogen-bond donors (Lipinski definition) is 1. The Labute approximate surface area is 95.0 Å². The Balaban J connectivity index is 2.60. The lowest BCUT2D eigenvalue weighted by Gasteiger charge is -2.13. The first-order chi connectivity index (χ1) is 7.26. The van der Waals surface area contributed by atoms with Crippen LogP contribution < -0.4 is 4.72 Å². The molecule has 0 aromatic heterocycles. The molecule has 3 nitrogen and oxygen atoms in total. The molecule has 0 atom stereocenters. The second-order valence-corrected chi connectivity index (χ2v) is 3.98. The average Bonchev–Trinajstić information content (AvgIpc) is 2.19. The maximum absolute atomic E-state index is 10.3. The lowest BCUT2D eigenvalue weighted by atomic mass is 10.2. The molecule has 1 aromatic carbocycles. The van der Waals surface area contributed by atoms with Gasteiger partial charge in [-0.1, -0.05) is 24.1 Å². The predicted molar refractivity (Wildman–Crippen MR) is 66.0 cm³/mol. The van der Waals surface area contributed by atoms with Gasteiger partial charge in [0.05, 0.1) is 6.54 Å². The molecule has 0 fully saturated rings. The number of nitrogens with one attached hydrogen (secondary N) is 1. The number of nitrogens with zero attached hydrogens (tertiary/aromatic N) is 1. The Morgan fingerprint density at radius 2 is 2.33 bits per heavy atom. The SMILES string of the molecule is CSNc1cccc(CN(C)CC=O)c1. The zero-order valence-electron chi connectivity index (χ0n) is 9.06. The standard InChI is InChI=1S/C11H16N2OS/c1-13(6-7-14)9-10-4-3-5-11(8-10)12-15-2/h3-5,7-8,12H,6,9H2,1-2H3. The van der Waals surface area contributed by atoms with Crippen LogP contribution in [0.5, 0.6) is 0 Å². The van der Waals surface area contributed by atoms with E-state index in [1.54, 1.807) is 11.9 Å². The molecule has 1 aromatic rings. The molecule has 0 aliphatic rings. The van der Waals surface area contributed by atoms with Crippen molar-refractivity contribution < 1.29 is 4.79 Å². The van der Waals surface area contributed by atoms with E-state index in [1.165, 1.54) is 5.56 Å². The summed E-state index contributed by atoms with van der Waals surface area (Å²) < 4.78 is 3.18. The molecular formula is C11H16N2OS. The Hall–Kier alpha value is -1.00. The van der Waals surface area contributed by atoms with Gasteiger partial charge in [-0.2, -0.15) is 0 Å². The van der Waals surface area contributed by atoms with Crippen molar-refractivity contribution in [2.24, 2.45) is 0 Å². The fourth-order valence-electron chi connectivity index (χ4n) is 1.35. The lowest BCUT2D eigenvalue weighted by molar-refractivity contribution is -0.108. The van der Waals surface area contributed by atoms with Crippen LogP contribution in [0.1, 0.15) is 5.56 Å². The van der Waals surface area contributed by atoms with Crippen LogP contribution in [-0.4, -0.2) is 31.0 Å². The van der Waals surface area contributed by atoms with E-state index in [0.29, 0.717) is 6.54 Å². The van der Waals surface area contributed by atoms with Crippen molar-refractivity contribution in [2.45, 2.75) is 6.54 Å². The van der Waals surface area contributed by atoms with E-state index < -0.39 is 0 Å². The molecule has 0 spiro atoms. The quantitative estimate of drug-likeness (QED) is 0.592. The first-order valence-corrected chi connectivity index (χ1v) is 5.99. The topological polar surface area (TPSA) is 32.3 Å². The van der Waals surface area contributed by atoms with Crippen molar-refractivity contribution in [3.05, 3.63) is 29.8 Å². The number of anilines is 1. The molecule has 4 heteroatoms. The first-order valence-electron chi connectivity index (χ1n) is 4.76. The predicted octanol–water partition coefficient (Wildman–Crippen LogP) is 2.01. The summed E-state index contributed by atoms with van der Waals surface area (Å²) in [5, 5.41) is 0. The van der Waals surface area contributed by atoms with Crippen LogP contribution in [0, 0.1) is 0 Å². The van der Waals surface area contributed by atoms with E-state index in [9.17, 15) is 4.79 Å². The molecule has 0 radical (unpaired) electrons. The van der Waals surface area contributed by atoms with Crippen molar-refractivity contribution in [3.8, 4) is 0 Å². The zero-order chi connectivity index (χ0) is 11.1. The van der Waals surface area contributed by atoms with Gasteiger partial charge in [0.2, 0.25) is 0 Å². The zero-order valence-corrected chi connectivity index (χ0v) is 9.88. The van der Waals surface area contributed by atoms with E-state index >= 15 is 0 Å². The second-order valence-electron chi connectivity index (χ2n) is 3.37. The van der Waals surface area contributed by atoms with Gasteiger partial charge in [-0.25, -0.2) is 0 Å². The minimum atomic E-state index is 0.472. The third-order valence-corrected chi connectivity index (χ3v) is 2.43. The average molecular weight is 224 g/mol.